The summed E-state index contributed by atoms with van der Waals surface area (Å²) in [5, 5.41) is 3.78. The van der Waals surface area contributed by atoms with Gasteiger partial charge in [0.05, 0.1) is 0 Å². The van der Waals surface area contributed by atoms with Gasteiger partial charge in [-0.05, 0) is 50.0 Å². The lowest BCUT2D eigenvalue weighted by Crippen LogP contribution is -2.45. The first-order chi connectivity index (χ1) is 8.31. The zero-order valence-electron chi connectivity index (χ0n) is 11.6. The van der Waals surface area contributed by atoms with Crippen molar-refractivity contribution >= 4 is 0 Å². The van der Waals surface area contributed by atoms with Gasteiger partial charge in [0.15, 0.2) is 0 Å². The van der Waals surface area contributed by atoms with Crippen LogP contribution in [0.2, 0.25) is 0 Å². The molecule has 1 aliphatic carbocycles. The summed E-state index contributed by atoms with van der Waals surface area (Å²) in [7, 11) is 0. The fourth-order valence-corrected chi connectivity index (χ4v) is 3.67. The maximum atomic E-state index is 5.50. The van der Waals surface area contributed by atoms with Crippen molar-refractivity contribution in [1.82, 2.24) is 5.32 Å². The molecule has 1 saturated carbocycles. The van der Waals surface area contributed by atoms with Crippen LogP contribution in [0.25, 0.3) is 0 Å². The minimum Gasteiger partial charge on any atom is -0.381 e. The van der Waals surface area contributed by atoms with Crippen molar-refractivity contribution in [3.8, 4) is 0 Å². The van der Waals surface area contributed by atoms with Gasteiger partial charge < -0.3 is 10.1 Å². The lowest BCUT2D eigenvalue weighted by Gasteiger charge is -2.39. The average molecular weight is 239 g/mol. The second kappa shape index (κ2) is 6.75. The van der Waals surface area contributed by atoms with Gasteiger partial charge in [-0.3, -0.25) is 0 Å². The molecule has 100 valence electrons. The highest BCUT2D eigenvalue weighted by molar-refractivity contribution is 4.86. The van der Waals surface area contributed by atoms with E-state index in [4.69, 9.17) is 4.74 Å². The van der Waals surface area contributed by atoms with Gasteiger partial charge in [-0.1, -0.05) is 26.7 Å². The largest absolute Gasteiger partial charge is 0.381 e. The van der Waals surface area contributed by atoms with Gasteiger partial charge >= 0.3 is 0 Å². The number of hydrogen-bond donors (Lipinski definition) is 1. The maximum absolute atomic E-state index is 5.50. The maximum Gasteiger partial charge on any atom is 0.0469 e. The molecule has 1 N–H and O–H groups in total. The van der Waals surface area contributed by atoms with Crippen molar-refractivity contribution in [2.24, 2.45) is 17.8 Å². The lowest BCUT2D eigenvalue weighted by molar-refractivity contribution is 0.0391. The topological polar surface area (TPSA) is 21.3 Å². The molecule has 1 aliphatic heterocycles. The molecule has 0 spiro atoms. The Kier molecular flexibility index (Phi) is 5.30. The lowest BCUT2D eigenvalue weighted by atomic mass is 9.74. The standard InChI is InChI=1S/C15H29NO/c1-3-16-15(14-8-10-17-11-9-14)13-6-4-12(2)5-7-13/h12-16H,3-11H2,1-2H3. The molecule has 0 amide bonds. The quantitative estimate of drug-likeness (QED) is 0.813. The molecule has 0 aromatic rings. The van der Waals surface area contributed by atoms with E-state index in [0.29, 0.717) is 0 Å². The van der Waals surface area contributed by atoms with E-state index in [1.165, 1.54) is 38.5 Å². The molecular formula is C15H29NO. The summed E-state index contributed by atoms with van der Waals surface area (Å²) in [6.45, 7) is 7.74. The normalized spacial score (nSPS) is 33.5. The Hall–Kier alpha value is -0.0800. The molecule has 1 unspecified atom stereocenters. The summed E-state index contributed by atoms with van der Waals surface area (Å²) in [6, 6.07) is 0.761. The third-order valence-corrected chi connectivity index (χ3v) is 4.78. The van der Waals surface area contributed by atoms with Crippen LogP contribution in [0.3, 0.4) is 0 Å². The molecule has 2 rings (SSSR count). The van der Waals surface area contributed by atoms with Gasteiger partial charge in [-0.2, -0.15) is 0 Å². The van der Waals surface area contributed by atoms with Crippen LogP contribution in [0.15, 0.2) is 0 Å². The number of nitrogens with one attached hydrogen (secondary N) is 1. The monoisotopic (exact) mass is 239 g/mol. The molecule has 0 bridgehead atoms. The number of ether oxygens (including phenoxy) is 1. The van der Waals surface area contributed by atoms with Crippen LogP contribution in [0.4, 0.5) is 0 Å². The fraction of sp³-hybridized carbons (Fsp3) is 1.00. The first-order valence-electron chi connectivity index (χ1n) is 7.62. The molecule has 1 atom stereocenters. The van der Waals surface area contributed by atoms with Crippen LogP contribution in [-0.4, -0.2) is 25.8 Å². The first kappa shape index (κ1) is 13.4. The predicted molar refractivity (Wildman–Crippen MR) is 72.1 cm³/mol. The summed E-state index contributed by atoms with van der Waals surface area (Å²) >= 11 is 0. The molecule has 2 fully saturated rings. The van der Waals surface area contributed by atoms with Crippen molar-refractivity contribution in [3.63, 3.8) is 0 Å². The van der Waals surface area contributed by atoms with Crippen LogP contribution < -0.4 is 5.32 Å². The molecule has 2 nitrogen and oxygen atoms in total. The van der Waals surface area contributed by atoms with E-state index in [0.717, 1.165) is 43.6 Å². The summed E-state index contributed by atoms with van der Waals surface area (Å²) in [6.07, 6.45) is 8.30. The van der Waals surface area contributed by atoms with Crippen molar-refractivity contribution in [2.75, 3.05) is 19.8 Å². The summed E-state index contributed by atoms with van der Waals surface area (Å²) in [5.74, 6) is 2.75. The number of hydrogen-bond acceptors (Lipinski definition) is 2. The van der Waals surface area contributed by atoms with E-state index in [1.807, 2.05) is 0 Å². The zero-order chi connectivity index (χ0) is 12.1. The van der Waals surface area contributed by atoms with Crippen molar-refractivity contribution in [1.29, 1.82) is 0 Å². The van der Waals surface area contributed by atoms with Crippen LogP contribution in [0.1, 0.15) is 52.4 Å². The van der Waals surface area contributed by atoms with Gasteiger partial charge in [-0.25, -0.2) is 0 Å². The Bertz CT molecular complexity index is 205. The van der Waals surface area contributed by atoms with Gasteiger partial charge in [0.25, 0.3) is 0 Å². The van der Waals surface area contributed by atoms with Crippen molar-refractivity contribution in [3.05, 3.63) is 0 Å². The second-order valence-corrected chi connectivity index (χ2v) is 6.05. The van der Waals surface area contributed by atoms with E-state index < -0.39 is 0 Å². The molecule has 17 heavy (non-hydrogen) atoms. The molecule has 1 heterocycles. The van der Waals surface area contributed by atoms with Gasteiger partial charge in [-0.15, -0.1) is 0 Å². The Balaban J connectivity index is 1.90. The van der Waals surface area contributed by atoms with Gasteiger partial charge in [0.2, 0.25) is 0 Å². The third-order valence-electron chi connectivity index (χ3n) is 4.78. The third kappa shape index (κ3) is 3.69. The fourth-order valence-electron chi connectivity index (χ4n) is 3.67. The Morgan fingerprint density at radius 3 is 2.18 bits per heavy atom. The van der Waals surface area contributed by atoms with Crippen LogP contribution in [0, 0.1) is 17.8 Å². The van der Waals surface area contributed by atoms with Crippen molar-refractivity contribution < 1.29 is 4.74 Å². The van der Waals surface area contributed by atoms with Crippen LogP contribution >= 0.6 is 0 Å². The summed E-state index contributed by atoms with van der Waals surface area (Å²) < 4.78 is 5.50. The molecule has 0 radical (unpaired) electrons. The minimum absolute atomic E-state index is 0.761. The van der Waals surface area contributed by atoms with Gasteiger partial charge in [0, 0.05) is 19.3 Å². The Morgan fingerprint density at radius 1 is 1.00 bits per heavy atom. The summed E-state index contributed by atoms with van der Waals surface area (Å²) in [4.78, 5) is 0. The number of rotatable bonds is 4. The van der Waals surface area contributed by atoms with Gasteiger partial charge in [0.1, 0.15) is 0 Å². The molecular weight excluding hydrogens is 210 g/mol. The van der Waals surface area contributed by atoms with E-state index >= 15 is 0 Å². The van der Waals surface area contributed by atoms with E-state index in [2.05, 4.69) is 19.2 Å². The van der Waals surface area contributed by atoms with E-state index in [9.17, 15) is 0 Å². The van der Waals surface area contributed by atoms with E-state index in [1.54, 1.807) is 0 Å². The molecule has 2 heteroatoms. The average Bonchev–Trinajstić information content (AvgIpc) is 2.38. The second-order valence-electron chi connectivity index (χ2n) is 6.05. The van der Waals surface area contributed by atoms with E-state index in [-0.39, 0.29) is 0 Å². The molecule has 0 aromatic carbocycles. The zero-order valence-corrected chi connectivity index (χ0v) is 11.6. The minimum atomic E-state index is 0.761. The Morgan fingerprint density at radius 2 is 1.59 bits per heavy atom. The smallest absolute Gasteiger partial charge is 0.0469 e. The Labute approximate surface area is 107 Å². The summed E-state index contributed by atoms with van der Waals surface area (Å²) in [5.41, 5.74) is 0. The highest BCUT2D eigenvalue weighted by atomic mass is 16.5. The van der Waals surface area contributed by atoms with Crippen LogP contribution in [-0.2, 0) is 4.74 Å². The highest BCUT2D eigenvalue weighted by Gasteiger charge is 2.32. The van der Waals surface area contributed by atoms with Crippen LogP contribution in [0.5, 0.6) is 0 Å². The SMILES string of the molecule is CCNC(C1CCOCC1)C1CCC(C)CC1. The molecule has 2 aliphatic rings. The molecule has 1 saturated heterocycles. The van der Waals surface area contributed by atoms with Crippen molar-refractivity contribution in [2.45, 2.75) is 58.4 Å². The molecule has 0 aromatic heterocycles. The predicted octanol–water partition coefficient (Wildman–Crippen LogP) is 3.22. The first-order valence-corrected chi connectivity index (χ1v) is 7.62. The highest BCUT2D eigenvalue weighted by Crippen LogP contribution is 2.35.